The first-order valence-electron chi connectivity index (χ1n) is 8.17. The number of carbonyl (C=O) groups excluding carboxylic acids is 1. The molecular formula is C18H28N2O2. The second kappa shape index (κ2) is 8.18. The van der Waals surface area contributed by atoms with Gasteiger partial charge in [-0.15, -0.1) is 0 Å². The van der Waals surface area contributed by atoms with E-state index in [-0.39, 0.29) is 5.91 Å². The summed E-state index contributed by atoms with van der Waals surface area (Å²) in [5.41, 5.74) is 1.10. The highest BCUT2D eigenvalue weighted by atomic mass is 16.5. The van der Waals surface area contributed by atoms with Crippen LogP contribution in [-0.2, 0) is 11.3 Å². The largest absolute Gasteiger partial charge is 0.497 e. The first kappa shape index (κ1) is 16.8. The molecule has 1 aromatic carbocycles. The lowest BCUT2D eigenvalue weighted by atomic mass is 10.0. The standard InChI is InChI=1S/C18H28N2O2/c1-15-6-5-10-20(13-15)11-9-18(21)19(2)14-16-7-4-8-17(12-16)22-3/h4,7-8,12,15H,5-6,9-11,13-14H2,1-3H3/t15-/m0/s1. The molecule has 0 saturated carbocycles. The second-order valence-electron chi connectivity index (χ2n) is 6.40. The third-order valence-electron chi connectivity index (χ3n) is 4.36. The maximum Gasteiger partial charge on any atom is 0.223 e. The van der Waals surface area contributed by atoms with Crippen LogP contribution in [0.2, 0.25) is 0 Å². The number of benzene rings is 1. The van der Waals surface area contributed by atoms with Gasteiger partial charge in [0.15, 0.2) is 0 Å². The summed E-state index contributed by atoms with van der Waals surface area (Å²) >= 11 is 0. The Morgan fingerprint density at radius 2 is 2.27 bits per heavy atom. The molecule has 0 aromatic heterocycles. The Balaban J connectivity index is 1.78. The van der Waals surface area contributed by atoms with Crippen molar-refractivity contribution in [1.29, 1.82) is 0 Å². The predicted molar refractivity (Wildman–Crippen MR) is 88.9 cm³/mol. The van der Waals surface area contributed by atoms with Crippen molar-refractivity contribution in [2.24, 2.45) is 5.92 Å². The molecule has 122 valence electrons. The van der Waals surface area contributed by atoms with Gasteiger partial charge in [0.1, 0.15) is 5.75 Å². The quantitative estimate of drug-likeness (QED) is 0.810. The van der Waals surface area contributed by atoms with Gasteiger partial charge in [0.05, 0.1) is 7.11 Å². The highest BCUT2D eigenvalue weighted by Gasteiger charge is 2.18. The number of nitrogens with zero attached hydrogens (tertiary/aromatic N) is 2. The summed E-state index contributed by atoms with van der Waals surface area (Å²) in [5.74, 6) is 1.81. The second-order valence-corrected chi connectivity index (χ2v) is 6.40. The molecule has 1 aliphatic rings. The van der Waals surface area contributed by atoms with E-state index in [1.165, 1.54) is 12.8 Å². The fourth-order valence-electron chi connectivity index (χ4n) is 3.07. The van der Waals surface area contributed by atoms with Crippen LogP contribution in [0.5, 0.6) is 5.75 Å². The third-order valence-corrected chi connectivity index (χ3v) is 4.36. The van der Waals surface area contributed by atoms with E-state index < -0.39 is 0 Å². The Kier molecular flexibility index (Phi) is 6.25. The van der Waals surface area contributed by atoms with Crippen LogP contribution in [0.3, 0.4) is 0 Å². The summed E-state index contributed by atoms with van der Waals surface area (Å²) in [6.07, 6.45) is 3.18. The lowest BCUT2D eigenvalue weighted by Gasteiger charge is -2.31. The molecule has 0 N–H and O–H groups in total. The molecule has 0 bridgehead atoms. The van der Waals surface area contributed by atoms with Gasteiger partial charge in [-0.3, -0.25) is 4.79 Å². The summed E-state index contributed by atoms with van der Waals surface area (Å²) < 4.78 is 5.22. The zero-order valence-corrected chi connectivity index (χ0v) is 14.0. The van der Waals surface area contributed by atoms with E-state index in [1.807, 2.05) is 36.2 Å². The van der Waals surface area contributed by atoms with Gasteiger partial charge in [-0.1, -0.05) is 19.1 Å². The minimum absolute atomic E-state index is 0.209. The minimum Gasteiger partial charge on any atom is -0.497 e. The summed E-state index contributed by atoms with van der Waals surface area (Å²) in [7, 11) is 3.54. The molecule has 1 aliphatic heterocycles. The van der Waals surface area contributed by atoms with Crippen LogP contribution >= 0.6 is 0 Å². The Bertz CT molecular complexity index is 490. The van der Waals surface area contributed by atoms with Crippen LogP contribution in [0.25, 0.3) is 0 Å². The fraction of sp³-hybridized carbons (Fsp3) is 0.611. The van der Waals surface area contributed by atoms with Crippen molar-refractivity contribution in [3.8, 4) is 5.75 Å². The number of hydrogen-bond acceptors (Lipinski definition) is 3. The van der Waals surface area contributed by atoms with E-state index in [4.69, 9.17) is 4.74 Å². The van der Waals surface area contributed by atoms with Gasteiger partial charge < -0.3 is 14.5 Å². The van der Waals surface area contributed by atoms with Crippen LogP contribution in [0.4, 0.5) is 0 Å². The molecule has 2 rings (SSSR count). The molecular weight excluding hydrogens is 276 g/mol. The molecule has 4 nitrogen and oxygen atoms in total. The number of methoxy groups -OCH3 is 1. The first-order chi connectivity index (χ1) is 10.6. The van der Waals surface area contributed by atoms with Gasteiger partial charge in [0.25, 0.3) is 0 Å². The van der Waals surface area contributed by atoms with E-state index >= 15 is 0 Å². The van der Waals surface area contributed by atoms with Gasteiger partial charge in [-0.05, 0) is 43.0 Å². The van der Waals surface area contributed by atoms with Crippen LogP contribution in [-0.4, -0.2) is 49.5 Å². The molecule has 0 unspecified atom stereocenters. The Labute approximate surface area is 134 Å². The fourth-order valence-corrected chi connectivity index (χ4v) is 3.07. The monoisotopic (exact) mass is 304 g/mol. The van der Waals surface area contributed by atoms with Crippen LogP contribution in [0.15, 0.2) is 24.3 Å². The number of carbonyl (C=O) groups is 1. The number of amides is 1. The lowest BCUT2D eigenvalue weighted by Crippen LogP contribution is -2.37. The molecule has 1 amide bonds. The zero-order valence-electron chi connectivity index (χ0n) is 14.0. The van der Waals surface area contributed by atoms with Crippen molar-refractivity contribution < 1.29 is 9.53 Å². The first-order valence-corrected chi connectivity index (χ1v) is 8.17. The summed E-state index contributed by atoms with van der Waals surface area (Å²) in [5, 5.41) is 0. The van der Waals surface area contributed by atoms with E-state index in [2.05, 4.69) is 11.8 Å². The molecule has 1 heterocycles. The van der Waals surface area contributed by atoms with Crippen molar-refractivity contribution in [1.82, 2.24) is 9.80 Å². The number of likely N-dealkylation sites (tertiary alicyclic amines) is 1. The van der Waals surface area contributed by atoms with Gasteiger partial charge in [-0.25, -0.2) is 0 Å². The Hall–Kier alpha value is -1.55. The van der Waals surface area contributed by atoms with Gasteiger partial charge in [0.2, 0.25) is 5.91 Å². The van der Waals surface area contributed by atoms with Gasteiger partial charge in [-0.2, -0.15) is 0 Å². The number of ether oxygens (including phenoxy) is 1. The van der Waals surface area contributed by atoms with E-state index in [1.54, 1.807) is 7.11 Å². The van der Waals surface area contributed by atoms with Crippen molar-refractivity contribution >= 4 is 5.91 Å². The summed E-state index contributed by atoms with van der Waals surface area (Å²) in [6, 6.07) is 7.89. The van der Waals surface area contributed by atoms with Crippen molar-refractivity contribution in [2.45, 2.75) is 32.7 Å². The molecule has 0 spiro atoms. The SMILES string of the molecule is COc1cccc(CN(C)C(=O)CCN2CCC[C@H](C)C2)c1. The van der Waals surface area contributed by atoms with Crippen LogP contribution in [0.1, 0.15) is 31.7 Å². The molecule has 1 fully saturated rings. The van der Waals surface area contributed by atoms with E-state index in [0.717, 1.165) is 36.9 Å². The molecule has 1 aromatic rings. The average Bonchev–Trinajstić information content (AvgIpc) is 2.52. The molecule has 0 radical (unpaired) electrons. The molecule has 4 heteroatoms. The minimum atomic E-state index is 0.209. The van der Waals surface area contributed by atoms with Crippen molar-refractivity contribution in [3.63, 3.8) is 0 Å². The number of piperidine rings is 1. The molecule has 1 atom stereocenters. The van der Waals surface area contributed by atoms with Crippen LogP contribution < -0.4 is 4.74 Å². The molecule has 1 saturated heterocycles. The Morgan fingerprint density at radius 1 is 1.45 bits per heavy atom. The lowest BCUT2D eigenvalue weighted by molar-refractivity contribution is -0.130. The maximum absolute atomic E-state index is 12.3. The number of hydrogen-bond donors (Lipinski definition) is 0. The van der Waals surface area contributed by atoms with Crippen LogP contribution in [0, 0.1) is 5.92 Å². The van der Waals surface area contributed by atoms with E-state index in [9.17, 15) is 4.79 Å². The molecule has 0 aliphatic carbocycles. The van der Waals surface area contributed by atoms with Crippen molar-refractivity contribution in [3.05, 3.63) is 29.8 Å². The van der Waals surface area contributed by atoms with Gasteiger partial charge in [0, 0.05) is 33.1 Å². The topological polar surface area (TPSA) is 32.8 Å². The van der Waals surface area contributed by atoms with Crippen molar-refractivity contribution in [2.75, 3.05) is 33.8 Å². The predicted octanol–water partition coefficient (Wildman–Crippen LogP) is 2.78. The zero-order chi connectivity index (χ0) is 15.9. The normalized spacial score (nSPS) is 19.0. The summed E-state index contributed by atoms with van der Waals surface area (Å²) in [6.45, 7) is 6.07. The number of rotatable bonds is 6. The Morgan fingerprint density at radius 3 is 3.00 bits per heavy atom. The van der Waals surface area contributed by atoms with Gasteiger partial charge >= 0.3 is 0 Å². The average molecular weight is 304 g/mol. The molecule has 22 heavy (non-hydrogen) atoms. The van der Waals surface area contributed by atoms with E-state index in [0.29, 0.717) is 13.0 Å². The summed E-state index contributed by atoms with van der Waals surface area (Å²) in [4.78, 5) is 16.5. The maximum atomic E-state index is 12.3. The highest BCUT2D eigenvalue weighted by Crippen LogP contribution is 2.16. The smallest absolute Gasteiger partial charge is 0.223 e. The highest BCUT2D eigenvalue weighted by molar-refractivity contribution is 5.76. The third kappa shape index (κ3) is 5.02.